The van der Waals surface area contributed by atoms with Crippen molar-refractivity contribution in [3.05, 3.63) is 39.5 Å². The van der Waals surface area contributed by atoms with Gasteiger partial charge in [-0.2, -0.15) is 0 Å². The molecule has 0 radical (unpaired) electrons. The number of thioether (sulfide) groups is 1. The maximum atomic E-state index is 14.4. The summed E-state index contributed by atoms with van der Waals surface area (Å²) in [6.07, 6.45) is 2.67. The molecular formula is C22H26ClFN2O5S. The molecule has 32 heavy (non-hydrogen) atoms. The van der Waals surface area contributed by atoms with Crippen molar-refractivity contribution in [2.45, 2.75) is 50.4 Å². The Bertz CT molecular complexity index is 904. The van der Waals surface area contributed by atoms with Crippen LogP contribution in [0.3, 0.4) is 0 Å². The molecule has 3 rings (SSSR count). The molecule has 174 valence electrons. The van der Waals surface area contributed by atoms with Crippen molar-refractivity contribution in [1.29, 1.82) is 0 Å². The van der Waals surface area contributed by atoms with Crippen LogP contribution in [-0.2, 0) is 9.59 Å². The SMILES string of the molecule is CC1=C(Cl)SC(C(=O)NCCNC(=O)c2ccc(OC3CCC(C(=O)O)CC3)cc2F)C1. The quantitative estimate of drug-likeness (QED) is 0.486. The zero-order valence-corrected chi connectivity index (χ0v) is 19.2. The van der Waals surface area contributed by atoms with Gasteiger partial charge in [-0.15, -0.1) is 11.8 Å². The zero-order valence-electron chi connectivity index (χ0n) is 17.7. The molecule has 1 aromatic rings. The number of nitrogens with one attached hydrogen (secondary N) is 2. The molecule has 1 aliphatic heterocycles. The Morgan fingerprint density at radius 2 is 1.88 bits per heavy atom. The fraction of sp³-hybridized carbons (Fsp3) is 0.500. The highest BCUT2D eigenvalue weighted by molar-refractivity contribution is 8.06. The summed E-state index contributed by atoms with van der Waals surface area (Å²) in [7, 11) is 0. The number of rotatable bonds is 8. The number of halogens is 2. The van der Waals surface area contributed by atoms with Gasteiger partial charge in [0.05, 0.1) is 27.2 Å². The summed E-state index contributed by atoms with van der Waals surface area (Å²) in [6.45, 7) is 2.27. The molecule has 1 atom stereocenters. The normalized spacial score (nSPS) is 23.0. The van der Waals surface area contributed by atoms with Crippen LogP contribution in [0.25, 0.3) is 0 Å². The lowest BCUT2D eigenvalue weighted by atomic mass is 9.87. The number of ether oxygens (including phenoxy) is 1. The number of allylic oxidation sites excluding steroid dienone is 1. The van der Waals surface area contributed by atoms with Gasteiger partial charge in [0.1, 0.15) is 11.6 Å². The topological polar surface area (TPSA) is 105 Å². The lowest BCUT2D eigenvalue weighted by Crippen LogP contribution is -2.38. The van der Waals surface area contributed by atoms with Crippen LogP contribution in [0.15, 0.2) is 28.1 Å². The van der Waals surface area contributed by atoms with Crippen LogP contribution in [0.2, 0.25) is 0 Å². The van der Waals surface area contributed by atoms with E-state index in [-0.39, 0.29) is 41.8 Å². The van der Waals surface area contributed by atoms with Crippen molar-refractivity contribution in [3.63, 3.8) is 0 Å². The van der Waals surface area contributed by atoms with Crippen LogP contribution < -0.4 is 15.4 Å². The smallest absolute Gasteiger partial charge is 0.306 e. The fourth-order valence-corrected chi connectivity index (χ4v) is 5.17. The van der Waals surface area contributed by atoms with Gasteiger partial charge in [0.2, 0.25) is 5.91 Å². The van der Waals surface area contributed by atoms with Crippen LogP contribution in [0.5, 0.6) is 5.75 Å². The van der Waals surface area contributed by atoms with E-state index >= 15 is 0 Å². The van der Waals surface area contributed by atoms with Crippen molar-refractivity contribution in [2.75, 3.05) is 13.1 Å². The maximum absolute atomic E-state index is 14.4. The van der Waals surface area contributed by atoms with E-state index in [0.29, 0.717) is 42.2 Å². The van der Waals surface area contributed by atoms with Gasteiger partial charge < -0.3 is 20.5 Å². The Morgan fingerprint density at radius 3 is 2.47 bits per heavy atom. The molecule has 1 aliphatic carbocycles. The maximum Gasteiger partial charge on any atom is 0.306 e. The van der Waals surface area contributed by atoms with Gasteiger partial charge in [-0.1, -0.05) is 11.6 Å². The third kappa shape index (κ3) is 6.38. The first-order chi connectivity index (χ1) is 15.2. The van der Waals surface area contributed by atoms with Crippen LogP contribution in [0.4, 0.5) is 4.39 Å². The van der Waals surface area contributed by atoms with Crippen LogP contribution in [-0.4, -0.2) is 47.3 Å². The van der Waals surface area contributed by atoms with E-state index in [1.54, 1.807) is 0 Å². The number of carboxylic acid groups (broad SMARTS) is 1. The van der Waals surface area contributed by atoms with Gasteiger partial charge in [-0.25, -0.2) is 4.39 Å². The molecule has 10 heteroatoms. The minimum absolute atomic E-state index is 0.115. The standard InChI is InChI=1S/C22H26ClFN2O5S/c1-12-10-18(32-19(12)23)21(28)26-9-8-25-20(27)16-7-6-15(11-17(16)24)31-14-4-2-13(3-5-14)22(29)30/h6-7,11,13-14,18H,2-5,8-10H2,1H3,(H,25,27)(H,26,28)(H,29,30). The molecule has 1 saturated carbocycles. The molecule has 1 unspecified atom stereocenters. The molecule has 3 N–H and O–H groups in total. The van der Waals surface area contributed by atoms with Crippen molar-refractivity contribution >= 4 is 41.1 Å². The predicted octanol–water partition coefficient (Wildman–Crippen LogP) is 3.67. The first-order valence-electron chi connectivity index (χ1n) is 10.5. The molecule has 2 aliphatic rings. The van der Waals surface area contributed by atoms with Gasteiger partial charge in [0.15, 0.2) is 0 Å². The van der Waals surface area contributed by atoms with Crippen molar-refractivity contribution < 1.29 is 28.6 Å². The van der Waals surface area contributed by atoms with Crippen LogP contribution in [0.1, 0.15) is 49.4 Å². The molecule has 0 spiro atoms. The fourth-order valence-electron chi connectivity index (χ4n) is 3.72. The predicted molar refractivity (Wildman–Crippen MR) is 120 cm³/mol. The molecule has 2 amide bonds. The van der Waals surface area contributed by atoms with E-state index in [4.69, 9.17) is 21.4 Å². The third-order valence-corrected chi connectivity index (χ3v) is 7.40. The number of amides is 2. The highest BCUT2D eigenvalue weighted by atomic mass is 35.5. The minimum Gasteiger partial charge on any atom is -0.490 e. The minimum atomic E-state index is -0.793. The van der Waals surface area contributed by atoms with Crippen LogP contribution in [0, 0.1) is 11.7 Å². The summed E-state index contributed by atoms with van der Waals surface area (Å²) in [5.41, 5.74) is 0.872. The van der Waals surface area contributed by atoms with Gasteiger partial charge in [-0.05, 0) is 56.7 Å². The van der Waals surface area contributed by atoms with E-state index in [1.165, 1.54) is 23.9 Å². The highest BCUT2D eigenvalue weighted by Crippen LogP contribution is 2.39. The Balaban J connectivity index is 1.41. The van der Waals surface area contributed by atoms with Crippen molar-refractivity contribution in [3.8, 4) is 5.75 Å². The van der Waals surface area contributed by atoms with E-state index in [0.717, 1.165) is 11.6 Å². The summed E-state index contributed by atoms with van der Waals surface area (Å²) in [5.74, 6) is -2.27. The van der Waals surface area contributed by atoms with Crippen molar-refractivity contribution in [1.82, 2.24) is 10.6 Å². The van der Waals surface area contributed by atoms with Gasteiger partial charge >= 0.3 is 5.97 Å². The molecule has 0 aromatic heterocycles. The van der Waals surface area contributed by atoms with Gasteiger partial charge in [0, 0.05) is 19.2 Å². The third-order valence-electron chi connectivity index (χ3n) is 5.59. The van der Waals surface area contributed by atoms with Gasteiger partial charge in [-0.3, -0.25) is 14.4 Å². The van der Waals surface area contributed by atoms with E-state index in [1.807, 2.05) is 6.92 Å². The first kappa shape index (κ1) is 24.4. The summed E-state index contributed by atoms with van der Waals surface area (Å²) in [4.78, 5) is 35.4. The highest BCUT2D eigenvalue weighted by Gasteiger charge is 2.28. The number of carboxylic acids is 1. The Hall–Kier alpha value is -2.26. The largest absolute Gasteiger partial charge is 0.490 e. The lowest BCUT2D eigenvalue weighted by molar-refractivity contribution is -0.143. The van der Waals surface area contributed by atoms with Gasteiger partial charge in [0.25, 0.3) is 5.91 Å². The Morgan fingerprint density at radius 1 is 1.19 bits per heavy atom. The van der Waals surface area contributed by atoms with E-state index < -0.39 is 17.7 Å². The molecular weight excluding hydrogens is 459 g/mol. The molecule has 0 saturated heterocycles. The zero-order chi connectivity index (χ0) is 23.3. The molecule has 1 aromatic carbocycles. The number of aliphatic carboxylic acids is 1. The summed E-state index contributed by atoms with van der Waals surface area (Å²) >= 11 is 7.33. The average molecular weight is 485 g/mol. The summed E-state index contributed by atoms with van der Waals surface area (Å²) in [6, 6.07) is 4.04. The van der Waals surface area contributed by atoms with E-state index in [9.17, 15) is 18.8 Å². The summed E-state index contributed by atoms with van der Waals surface area (Å²) < 4.78 is 20.8. The second kappa shape index (κ2) is 11.0. The average Bonchev–Trinajstić information content (AvgIpc) is 3.10. The number of carbonyl (C=O) groups excluding carboxylic acids is 2. The van der Waals surface area contributed by atoms with Crippen LogP contribution >= 0.6 is 23.4 Å². The second-order valence-corrected chi connectivity index (χ2v) is 9.80. The van der Waals surface area contributed by atoms with Crippen molar-refractivity contribution in [2.24, 2.45) is 5.92 Å². The number of hydrogen-bond donors (Lipinski definition) is 3. The first-order valence-corrected chi connectivity index (χ1v) is 11.8. The lowest BCUT2D eigenvalue weighted by Gasteiger charge is -2.26. The second-order valence-electron chi connectivity index (χ2n) is 7.98. The number of carbonyl (C=O) groups is 3. The molecule has 1 heterocycles. The monoisotopic (exact) mass is 484 g/mol. The number of benzene rings is 1. The Labute approximate surface area is 195 Å². The molecule has 7 nitrogen and oxygen atoms in total. The Kier molecular flexibility index (Phi) is 8.42. The molecule has 0 bridgehead atoms. The van der Waals surface area contributed by atoms with E-state index in [2.05, 4.69) is 10.6 Å². The molecule has 1 fully saturated rings. The summed E-state index contributed by atoms with van der Waals surface area (Å²) in [5, 5.41) is 14.1. The number of hydrogen-bond acceptors (Lipinski definition) is 5.